The molecule has 2 aromatic rings. The number of amides is 2. The van der Waals surface area contributed by atoms with E-state index in [1.807, 2.05) is 51.1 Å². The van der Waals surface area contributed by atoms with Crippen molar-refractivity contribution in [3.05, 3.63) is 58.7 Å². The lowest BCUT2D eigenvalue weighted by Gasteiger charge is -2.17. The smallest absolute Gasteiger partial charge is 0.313 e. The van der Waals surface area contributed by atoms with Gasteiger partial charge in [0.2, 0.25) is 0 Å². The normalized spacial score (nSPS) is 13.6. The van der Waals surface area contributed by atoms with E-state index in [9.17, 15) is 9.59 Å². The van der Waals surface area contributed by atoms with E-state index in [0.29, 0.717) is 12.3 Å². The maximum Gasteiger partial charge on any atom is 0.313 e. The van der Waals surface area contributed by atoms with Gasteiger partial charge in [-0.25, -0.2) is 0 Å². The van der Waals surface area contributed by atoms with Crippen LogP contribution in [0.2, 0.25) is 0 Å². The van der Waals surface area contributed by atoms with E-state index >= 15 is 0 Å². The molecule has 2 aromatic carbocycles. The molecule has 0 saturated heterocycles. The minimum absolute atomic E-state index is 0.244. The number of rotatable bonds is 3. The van der Waals surface area contributed by atoms with Crippen LogP contribution in [0.3, 0.4) is 0 Å². The van der Waals surface area contributed by atoms with Crippen LogP contribution in [-0.2, 0) is 16.0 Å². The van der Waals surface area contributed by atoms with Gasteiger partial charge in [-0.3, -0.25) is 9.59 Å². The number of hydrogen-bond acceptors (Lipinski definition) is 3. The van der Waals surface area contributed by atoms with E-state index < -0.39 is 11.8 Å². The molecule has 1 aliphatic rings. The van der Waals surface area contributed by atoms with Crippen LogP contribution in [0, 0.1) is 13.8 Å². The zero-order valence-corrected chi connectivity index (χ0v) is 14.7. The molecule has 2 amide bonds. The van der Waals surface area contributed by atoms with E-state index in [-0.39, 0.29) is 6.04 Å². The Hall–Kier alpha value is -2.82. The summed E-state index contributed by atoms with van der Waals surface area (Å²) in [5.41, 5.74) is 4.93. The highest BCUT2D eigenvalue weighted by Crippen LogP contribution is 2.27. The molecule has 0 aliphatic carbocycles. The fourth-order valence-corrected chi connectivity index (χ4v) is 3.04. The first-order valence-electron chi connectivity index (χ1n) is 8.39. The van der Waals surface area contributed by atoms with Crippen molar-refractivity contribution in [1.82, 2.24) is 5.32 Å². The Morgan fingerprint density at radius 3 is 2.72 bits per heavy atom. The highest BCUT2D eigenvalue weighted by molar-refractivity contribution is 6.39. The van der Waals surface area contributed by atoms with Crippen LogP contribution in [0.4, 0.5) is 5.69 Å². The molecule has 2 N–H and O–H groups in total. The number of carbonyl (C=O) groups is 2. The number of hydrogen-bond donors (Lipinski definition) is 2. The summed E-state index contributed by atoms with van der Waals surface area (Å²) in [4.78, 5) is 24.4. The maximum atomic E-state index is 12.2. The average Bonchev–Trinajstić information content (AvgIpc) is 3.04. The van der Waals surface area contributed by atoms with Gasteiger partial charge in [-0.1, -0.05) is 18.2 Å². The van der Waals surface area contributed by atoms with Gasteiger partial charge in [-0.05, 0) is 61.2 Å². The number of benzene rings is 2. The van der Waals surface area contributed by atoms with Gasteiger partial charge in [0.25, 0.3) is 0 Å². The number of nitrogens with one attached hydrogen (secondary N) is 2. The van der Waals surface area contributed by atoms with E-state index in [1.54, 1.807) is 6.07 Å². The molecule has 0 aromatic heterocycles. The Morgan fingerprint density at radius 2 is 1.92 bits per heavy atom. The lowest BCUT2D eigenvalue weighted by molar-refractivity contribution is -0.136. The molecule has 0 spiro atoms. The van der Waals surface area contributed by atoms with Crippen LogP contribution >= 0.6 is 0 Å². The molecule has 5 nitrogen and oxygen atoms in total. The van der Waals surface area contributed by atoms with Crippen LogP contribution in [-0.4, -0.2) is 18.4 Å². The number of anilines is 1. The van der Waals surface area contributed by atoms with E-state index in [2.05, 4.69) is 10.6 Å². The van der Waals surface area contributed by atoms with E-state index in [4.69, 9.17) is 4.74 Å². The summed E-state index contributed by atoms with van der Waals surface area (Å²) in [6.07, 6.45) is 0.814. The molecule has 0 fully saturated rings. The Balaban J connectivity index is 1.64. The Kier molecular flexibility index (Phi) is 4.74. The zero-order chi connectivity index (χ0) is 18.0. The van der Waals surface area contributed by atoms with Crippen molar-refractivity contribution >= 4 is 17.5 Å². The molecule has 0 radical (unpaired) electrons. The third kappa shape index (κ3) is 3.65. The first-order chi connectivity index (χ1) is 12.0. The maximum absolute atomic E-state index is 12.2. The zero-order valence-electron chi connectivity index (χ0n) is 14.7. The van der Waals surface area contributed by atoms with E-state index in [1.165, 1.54) is 0 Å². The molecule has 130 valence electrons. The molecule has 0 bridgehead atoms. The molecule has 0 saturated carbocycles. The van der Waals surface area contributed by atoms with Gasteiger partial charge in [-0.2, -0.15) is 0 Å². The number of aryl methyl sites for hydroxylation is 1. The molecule has 1 heterocycles. The van der Waals surface area contributed by atoms with E-state index in [0.717, 1.165) is 34.4 Å². The molecule has 5 heteroatoms. The molecule has 0 unspecified atom stereocenters. The van der Waals surface area contributed by atoms with Gasteiger partial charge in [-0.15, -0.1) is 0 Å². The minimum atomic E-state index is -0.670. The fourth-order valence-electron chi connectivity index (χ4n) is 3.04. The highest BCUT2D eigenvalue weighted by Gasteiger charge is 2.19. The molecule has 1 atom stereocenters. The summed E-state index contributed by atoms with van der Waals surface area (Å²) in [6, 6.07) is 11.1. The summed E-state index contributed by atoms with van der Waals surface area (Å²) in [7, 11) is 0. The van der Waals surface area contributed by atoms with Gasteiger partial charge in [0.15, 0.2) is 0 Å². The van der Waals surface area contributed by atoms with Crippen molar-refractivity contribution in [2.24, 2.45) is 0 Å². The Bertz CT molecular complexity index is 830. The first-order valence-corrected chi connectivity index (χ1v) is 8.39. The highest BCUT2D eigenvalue weighted by atomic mass is 16.5. The summed E-state index contributed by atoms with van der Waals surface area (Å²) in [6.45, 7) is 6.57. The van der Waals surface area contributed by atoms with Crippen LogP contribution in [0.5, 0.6) is 5.75 Å². The molecule has 1 aliphatic heterocycles. The standard InChI is InChI=1S/C20H22N2O3/c1-12-5-4-6-17(13(12)2)14(3)21-19(23)20(24)22-16-7-8-18-15(11-16)9-10-25-18/h4-8,11,14H,9-10H2,1-3H3,(H,21,23)(H,22,24)/t14-/m0/s1. The van der Waals surface area contributed by atoms with Crippen LogP contribution in [0.15, 0.2) is 36.4 Å². The fraction of sp³-hybridized carbons (Fsp3) is 0.300. The third-order valence-electron chi connectivity index (χ3n) is 4.61. The molecule has 3 rings (SSSR count). The van der Waals surface area contributed by atoms with Crippen LogP contribution in [0.25, 0.3) is 0 Å². The van der Waals surface area contributed by atoms with Crippen molar-refractivity contribution in [3.63, 3.8) is 0 Å². The molecular formula is C20H22N2O3. The second-order valence-corrected chi connectivity index (χ2v) is 6.36. The van der Waals surface area contributed by atoms with Crippen molar-refractivity contribution in [1.29, 1.82) is 0 Å². The summed E-state index contributed by atoms with van der Waals surface area (Å²) in [5.74, 6) is -0.479. The molecule has 25 heavy (non-hydrogen) atoms. The van der Waals surface area contributed by atoms with Crippen molar-refractivity contribution in [2.45, 2.75) is 33.2 Å². The SMILES string of the molecule is Cc1cccc([C@H](C)NC(=O)C(=O)Nc2ccc3c(c2)CCO3)c1C. The monoisotopic (exact) mass is 338 g/mol. The average molecular weight is 338 g/mol. The van der Waals surface area contributed by atoms with Crippen molar-refractivity contribution in [3.8, 4) is 5.75 Å². The Labute approximate surface area is 147 Å². The van der Waals surface area contributed by atoms with Gasteiger partial charge in [0.1, 0.15) is 5.75 Å². The predicted molar refractivity (Wildman–Crippen MR) is 96.7 cm³/mol. The number of ether oxygens (including phenoxy) is 1. The second-order valence-electron chi connectivity index (χ2n) is 6.36. The van der Waals surface area contributed by atoms with Gasteiger partial charge in [0.05, 0.1) is 12.6 Å². The third-order valence-corrected chi connectivity index (χ3v) is 4.61. The topological polar surface area (TPSA) is 67.4 Å². The number of fused-ring (bicyclic) bond motifs is 1. The van der Waals surface area contributed by atoms with Gasteiger partial charge >= 0.3 is 11.8 Å². The summed E-state index contributed by atoms with van der Waals surface area (Å²) < 4.78 is 5.44. The summed E-state index contributed by atoms with van der Waals surface area (Å²) in [5, 5.41) is 5.41. The lowest BCUT2D eigenvalue weighted by Crippen LogP contribution is -2.37. The van der Waals surface area contributed by atoms with Crippen LogP contribution in [0.1, 0.15) is 35.2 Å². The first kappa shape index (κ1) is 17.0. The van der Waals surface area contributed by atoms with Crippen molar-refractivity contribution in [2.75, 3.05) is 11.9 Å². The quantitative estimate of drug-likeness (QED) is 0.845. The van der Waals surface area contributed by atoms with Gasteiger partial charge in [0, 0.05) is 12.1 Å². The number of carbonyl (C=O) groups excluding carboxylic acids is 2. The Morgan fingerprint density at radius 1 is 1.12 bits per heavy atom. The predicted octanol–water partition coefficient (Wildman–Crippen LogP) is 3.05. The minimum Gasteiger partial charge on any atom is -0.493 e. The second kappa shape index (κ2) is 6.97. The van der Waals surface area contributed by atoms with Crippen LogP contribution < -0.4 is 15.4 Å². The van der Waals surface area contributed by atoms with Gasteiger partial charge < -0.3 is 15.4 Å². The van der Waals surface area contributed by atoms with Crippen molar-refractivity contribution < 1.29 is 14.3 Å². The summed E-state index contributed by atoms with van der Waals surface area (Å²) >= 11 is 0. The lowest BCUT2D eigenvalue weighted by atomic mass is 9.98. The molecular weight excluding hydrogens is 316 g/mol. The largest absolute Gasteiger partial charge is 0.493 e.